The SMILES string of the molecule is Cc1ccc(C)c(OCCCCC(=O)NC2CCN(C3CC3)C2)c1. The van der Waals surface area contributed by atoms with Crippen LogP contribution >= 0.6 is 0 Å². The van der Waals surface area contributed by atoms with Crippen LogP contribution in [0.2, 0.25) is 0 Å². The smallest absolute Gasteiger partial charge is 0.220 e. The Hall–Kier alpha value is -1.55. The predicted molar refractivity (Wildman–Crippen MR) is 96.4 cm³/mol. The molecule has 1 atom stereocenters. The van der Waals surface area contributed by atoms with Crippen molar-refractivity contribution in [2.24, 2.45) is 0 Å². The van der Waals surface area contributed by atoms with Crippen molar-refractivity contribution in [3.05, 3.63) is 29.3 Å². The third-order valence-corrected chi connectivity index (χ3v) is 5.05. The average Bonchev–Trinajstić information content (AvgIpc) is 3.30. The number of carbonyl (C=O) groups excluding carboxylic acids is 1. The van der Waals surface area contributed by atoms with Crippen LogP contribution in [0.25, 0.3) is 0 Å². The fourth-order valence-electron chi connectivity index (χ4n) is 3.41. The summed E-state index contributed by atoms with van der Waals surface area (Å²) in [6.45, 7) is 7.01. The van der Waals surface area contributed by atoms with Gasteiger partial charge in [0.2, 0.25) is 5.91 Å². The van der Waals surface area contributed by atoms with Gasteiger partial charge in [-0.1, -0.05) is 12.1 Å². The molecule has 2 fully saturated rings. The molecule has 1 aromatic rings. The Balaban J connectivity index is 1.27. The molecule has 4 heteroatoms. The maximum atomic E-state index is 12.1. The minimum Gasteiger partial charge on any atom is -0.493 e. The summed E-state index contributed by atoms with van der Waals surface area (Å²) < 4.78 is 5.84. The summed E-state index contributed by atoms with van der Waals surface area (Å²) in [5.41, 5.74) is 2.38. The molecule has 4 nitrogen and oxygen atoms in total. The van der Waals surface area contributed by atoms with Crippen molar-refractivity contribution in [1.29, 1.82) is 0 Å². The molecule has 0 aromatic heterocycles. The van der Waals surface area contributed by atoms with Crippen LogP contribution in [-0.4, -0.2) is 42.6 Å². The number of nitrogens with zero attached hydrogens (tertiary/aromatic N) is 1. The number of hydrogen-bond donors (Lipinski definition) is 1. The van der Waals surface area contributed by atoms with Crippen LogP contribution in [-0.2, 0) is 4.79 Å². The van der Waals surface area contributed by atoms with Gasteiger partial charge in [-0.05, 0) is 63.1 Å². The zero-order valence-electron chi connectivity index (χ0n) is 15.0. The van der Waals surface area contributed by atoms with Crippen molar-refractivity contribution in [3.63, 3.8) is 0 Å². The molecule has 0 spiro atoms. The lowest BCUT2D eigenvalue weighted by atomic mass is 10.1. The van der Waals surface area contributed by atoms with E-state index in [9.17, 15) is 4.79 Å². The predicted octanol–water partition coefficient (Wildman–Crippen LogP) is 3.21. The van der Waals surface area contributed by atoms with Gasteiger partial charge in [-0.25, -0.2) is 0 Å². The van der Waals surface area contributed by atoms with E-state index in [1.807, 2.05) is 0 Å². The van der Waals surface area contributed by atoms with Crippen molar-refractivity contribution >= 4 is 5.91 Å². The minimum atomic E-state index is 0.199. The molecular formula is C20H30N2O2. The van der Waals surface area contributed by atoms with Gasteiger partial charge >= 0.3 is 0 Å². The Morgan fingerprint density at radius 1 is 1.25 bits per heavy atom. The Bertz CT molecular complexity index is 569. The quantitative estimate of drug-likeness (QED) is 0.744. The van der Waals surface area contributed by atoms with Gasteiger partial charge in [0.25, 0.3) is 0 Å². The largest absolute Gasteiger partial charge is 0.493 e. The maximum Gasteiger partial charge on any atom is 0.220 e. The molecule has 0 bridgehead atoms. The lowest BCUT2D eigenvalue weighted by Crippen LogP contribution is -2.37. The molecule has 1 saturated carbocycles. The average molecular weight is 330 g/mol. The van der Waals surface area contributed by atoms with Crippen LogP contribution in [0.5, 0.6) is 5.75 Å². The first-order valence-corrected chi connectivity index (χ1v) is 9.35. The molecule has 1 amide bonds. The van der Waals surface area contributed by atoms with E-state index >= 15 is 0 Å². The third kappa shape index (κ3) is 4.97. The molecule has 2 aliphatic rings. The molecule has 1 aliphatic carbocycles. The van der Waals surface area contributed by atoms with E-state index in [4.69, 9.17) is 4.74 Å². The van der Waals surface area contributed by atoms with Gasteiger partial charge in [-0.3, -0.25) is 9.69 Å². The second kappa shape index (κ2) is 8.02. The second-order valence-corrected chi connectivity index (χ2v) is 7.35. The highest BCUT2D eigenvalue weighted by atomic mass is 16.5. The molecule has 3 rings (SSSR count). The van der Waals surface area contributed by atoms with Crippen LogP contribution in [0.3, 0.4) is 0 Å². The van der Waals surface area contributed by atoms with Gasteiger partial charge < -0.3 is 10.1 Å². The molecule has 1 heterocycles. The topological polar surface area (TPSA) is 41.6 Å². The van der Waals surface area contributed by atoms with Crippen LogP contribution in [0.4, 0.5) is 0 Å². The number of hydrogen-bond acceptors (Lipinski definition) is 3. The first kappa shape index (κ1) is 17.3. The van der Waals surface area contributed by atoms with Gasteiger partial charge in [-0.15, -0.1) is 0 Å². The summed E-state index contributed by atoms with van der Waals surface area (Å²) >= 11 is 0. The summed E-state index contributed by atoms with van der Waals surface area (Å²) in [4.78, 5) is 14.6. The van der Waals surface area contributed by atoms with Crippen LogP contribution < -0.4 is 10.1 Å². The Morgan fingerprint density at radius 3 is 2.88 bits per heavy atom. The first-order valence-electron chi connectivity index (χ1n) is 9.35. The highest BCUT2D eigenvalue weighted by Gasteiger charge is 2.34. The van der Waals surface area contributed by atoms with Gasteiger partial charge in [0.15, 0.2) is 0 Å². The fourth-order valence-corrected chi connectivity index (χ4v) is 3.41. The normalized spacial score (nSPS) is 21.0. The van der Waals surface area contributed by atoms with Gasteiger partial charge in [0, 0.05) is 31.6 Å². The molecule has 1 N–H and O–H groups in total. The van der Waals surface area contributed by atoms with E-state index in [0.717, 1.165) is 44.1 Å². The Labute approximate surface area is 145 Å². The summed E-state index contributed by atoms with van der Waals surface area (Å²) in [6.07, 6.45) is 6.21. The molecule has 1 aromatic carbocycles. The van der Waals surface area contributed by atoms with E-state index < -0.39 is 0 Å². The van der Waals surface area contributed by atoms with E-state index in [0.29, 0.717) is 19.1 Å². The lowest BCUT2D eigenvalue weighted by molar-refractivity contribution is -0.121. The first-order chi connectivity index (χ1) is 11.6. The standard InChI is InChI=1S/C20H30N2O2/c1-15-6-7-16(2)19(13-15)24-12-4-3-5-20(23)21-17-10-11-22(14-17)18-8-9-18/h6-7,13,17-18H,3-5,8-12,14H2,1-2H3,(H,21,23). The summed E-state index contributed by atoms with van der Waals surface area (Å²) in [5.74, 6) is 1.16. The van der Waals surface area contributed by atoms with Crippen LogP contribution in [0, 0.1) is 13.8 Å². The van der Waals surface area contributed by atoms with Gasteiger partial charge in [0.05, 0.1) is 6.61 Å². The molecule has 132 valence electrons. The zero-order valence-corrected chi connectivity index (χ0v) is 15.0. The van der Waals surface area contributed by atoms with Crippen molar-refractivity contribution < 1.29 is 9.53 Å². The van der Waals surface area contributed by atoms with Gasteiger partial charge in [0.1, 0.15) is 5.75 Å². The molecule has 1 aliphatic heterocycles. The number of amides is 1. The van der Waals surface area contributed by atoms with Crippen molar-refractivity contribution in [1.82, 2.24) is 10.2 Å². The third-order valence-electron chi connectivity index (χ3n) is 5.05. The molecule has 24 heavy (non-hydrogen) atoms. The van der Waals surface area contributed by atoms with E-state index in [2.05, 4.69) is 42.3 Å². The fraction of sp³-hybridized carbons (Fsp3) is 0.650. The molecule has 1 saturated heterocycles. The molecule has 1 unspecified atom stereocenters. The van der Waals surface area contributed by atoms with E-state index in [1.165, 1.54) is 24.0 Å². The number of benzene rings is 1. The van der Waals surface area contributed by atoms with Gasteiger partial charge in [-0.2, -0.15) is 0 Å². The van der Waals surface area contributed by atoms with Crippen LogP contribution in [0.15, 0.2) is 18.2 Å². The van der Waals surface area contributed by atoms with Crippen molar-refractivity contribution in [2.75, 3.05) is 19.7 Å². The molecular weight excluding hydrogens is 300 g/mol. The number of unbranched alkanes of at least 4 members (excludes halogenated alkanes) is 1. The van der Waals surface area contributed by atoms with Crippen molar-refractivity contribution in [2.45, 2.75) is 64.5 Å². The van der Waals surface area contributed by atoms with Crippen LogP contribution in [0.1, 0.15) is 49.7 Å². The number of nitrogens with one attached hydrogen (secondary N) is 1. The van der Waals surface area contributed by atoms with Crippen molar-refractivity contribution in [3.8, 4) is 5.75 Å². The maximum absolute atomic E-state index is 12.1. The number of carbonyl (C=O) groups is 1. The highest BCUT2D eigenvalue weighted by molar-refractivity contribution is 5.76. The molecule has 0 radical (unpaired) electrons. The summed E-state index contributed by atoms with van der Waals surface area (Å²) in [6, 6.07) is 7.44. The minimum absolute atomic E-state index is 0.199. The zero-order chi connectivity index (χ0) is 16.9. The Kier molecular flexibility index (Phi) is 5.77. The number of rotatable bonds is 8. The second-order valence-electron chi connectivity index (χ2n) is 7.35. The highest BCUT2D eigenvalue weighted by Crippen LogP contribution is 2.29. The van der Waals surface area contributed by atoms with E-state index in [-0.39, 0.29) is 5.91 Å². The summed E-state index contributed by atoms with van der Waals surface area (Å²) in [7, 11) is 0. The monoisotopic (exact) mass is 330 g/mol. The number of likely N-dealkylation sites (tertiary alicyclic amines) is 1. The lowest BCUT2D eigenvalue weighted by Gasteiger charge is -2.15. The van der Waals surface area contributed by atoms with E-state index in [1.54, 1.807) is 0 Å². The number of aryl methyl sites for hydroxylation is 2. The number of ether oxygens (including phenoxy) is 1. The Morgan fingerprint density at radius 2 is 2.08 bits per heavy atom. The summed E-state index contributed by atoms with van der Waals surface area (Å²) in [5, 5.41) is 3.20.